The molecule has 1 unspecified atom stereocenters. The Morgan fingerprint density at radius 3 is 2.76 bits per heavy atom. The van der Waals surface area contributed by atoms with E-state index in [2.05, 4.69) is 10.2 Å². The molecular weight excluding hydrogens is 396 g/mol. The van der Waals surface area contributed by atoms with Crippen molar-refractivity contribution in [1.29, 1.82) is 0 Å². The van der Waals surface area contributed by atoms with E-state index in [1.807, 2.05) is 4.90 Å². The van der Waals surface area contributed by atoms with Gasteiger partial charge in [-0.2, -0.15) is 0 Å². The van der Waals surface area contributed by atoms with Crippen molar-refractivity contribution in [2.45, 2.75) is 18.9 Å². The molecule has 1 aromatic rings. The highest BCUT2D eigenvalue weighted by Gasteiger charge is 2.36. The van der Waals surface area contributed by atoms with Gasteiger partial charge in [0.05, 0.1) is 24.8 Å². The van der Waals surface area contributed by atoms with Crippen LogP contribution >= 0.6 is 11.6 Å². The van der Waals surface area contributed by atoms with Crippen molar-refractivity contribution < 1.29 is 19.1 Å². The number of halogens is 1. The predicted octanol–water partition coefficient (Wildman–Crippen LogP) is 2.14. The zero-order valence-electron chi connectivity index (χ0n) is 17.0. The Labute approximate surface area is 176 Å². The maximum atomic E-state index is 12.7. The third-order valence-corrected chi connectivity index (χ3v) is 5.79. The average Bonchev–Trinajstić information content (AvgIpc) is 2.91. The van der Waals surface area contributed by atoms with E-state index >= 15 is 0 Å². The van der Waals surface area contributed by atoms with E-state index in [0.29, 0.717) is 49.2 Å². The number of likely N-dealkylation sites (tertiary alicyclic amines) is 1. The zero-order valence-corrected chi connectivity index (χ0v) is 17.8. The molecule has 3 rings (SSSR count). The number of hydrogen-bond acceptors (Lipinski definition) is 5. The summed E-state index contributed by atoms with van der Waals surface area (Å²) in [5.74, 6) is 0.740. The lowest BCUT2D eigenvalue weighted by Gasteiger charge is -2.26. The number of nitrogens with zero attached hydrogens (tertiary/aromatic N) is 3. The fraction of sp³-hybridized carbons (Fsp3) is 0.600. The Kier molecular flexibility index (Phi) is 7.57. The monoisotopic (exact) mass is 424 g/mol. The summed E-state index contributed by atoms with van der Waals surface area (Å²) in [5.41, 5.74) is 0.627. The van der Waals surface area contributed by atoms with Gasteiger partial charge in [-0.3, -0.25) is 9.69 Å². The number of nitrogens with one attached hydrogen (secondary N) is 1. The van der Waals surface area contributed by atoms with Crippen molar-refractivity contribution in [3.63, 3.8) is 0 Å². The van der Waals surface area contributed by atoms with Gasteiger partial charge in [0.2, 0.25) is 5.91 Å². The first-order valence-electron chi connectivity index (χ1n) is 9.94. The van der Waals surface area contributed by atoms with Crippen LogP contribution in [0.3, 0.4) is 0 Å². The van der Waals surface area contributed by atoms with Gasteiger partial charge < -0.3 is 24.6 Å². The molecule has 3 amide bonds. The topological polar surface area (TPSA) is 74.3 Å². The SMILES string of the molecule is COCCN1CCC(N2CCCN(C(=O)Nc3ccc(OC)c(Cl)c3)CC2)C1=O. The first kappa shape index (κ1) is 21.7. The van der Waals surface area contributed by atoms with E-state index in [1.54, 1.807) is 37.3 Å². The highest BCUT2D eigenvalue weighted by molar-refractivity contribution is 6.32. The van der Waals surface area contributed by atoms with Gasteiger partial charge in [0.25, 0.3) is 0 Å². The number of hydrogen-bond donors (Lipinski definition) is 1. The van der Waals surface area contributed by atoms with E-state index in [4.69, 9.17) is 21.1 Å². The number of anilines is 1. The summed E-state index contributed by atoms with van der Waals surface area (Å²) < 4.78 is 10.2. The Morgan fingerprint density at radius 2 is 2.03 bits per heavy atom. The molecular formula is C20H29ClN4O4. The van der Waals surface area contributed by atoms with Crippen LogP contribution in [0.5, 0.6) is 5.75 Å². The molecule has 2 heterocycles. The second-order valence-corrected chi connectivity index (χ2v) is 7.69. The summed E-state index contributed by atoms with van der Waals surface area (Å²) in [5, 5.41) is 3.34. The van der Waals surface area contributed by atoms with Crippen LogP contribution in [-0.2, 0) is 9.53 Å². The molecule has 1 aromatic carbocycles. The maximum absolute atomic E-state index is 12.7. The van der Waals surface area contributed by atoms with Crippen molar-refractivity contribution in [2.75, 3.05) is 65.4 Å². The molecule has 0 aromatic heterocycles. The van der Waals surface area contributed by atoms with Crippen molar-refractivity contribution in [1.82, 2.24) is 14.7 Å². The number of rotatable bonds is 6. The van der Waals surface area contributed by atoms with E-state index < -0.39 is 0 Å². The molecule has 1 N–H and O–H groups in total. The van der Waals surface area contributed by atoms with Crippen LogP contribution in [-0.4, -0.2) is 92.8 Å². The van der Waals surface area contributed by atoms with Gasteiger partial charge >= 0.3 is 6.03 Å². The maximum Gasteiger partial charge on any atom is 0.321 e. The molecule has 160 valence electrons. The van der Waals surface area contributed by atoms with Crippen LogP contribution in [0, 0.1) is 0 Å². The predicted molar refractivity (Wildman–Crippen MR) is 112 cm³/mol. The molecule has 8 nitrogen and oxygen atoms in total. The standard InChI is InChI=1S/C20H29ClN4O4/c1-28-13-12-24-9-6-17(19(24)26)23-7-3-8-25(11-10-23)20(27)22-15-4-5-18(29-2)16(21)14-15/h4-5,14,17H,3,6-13H2,1-2H3,(H,22,27). The number of methoxy groups -OCH3 is 2. The van der Waals surface area contributed by atoms with Gasteiger partial charge in [-0.1, -0.05) is 11.6 Å². The van der Waals surface area contributed by atoms with E-state index in [-0.39, 0.29) is 18.0 Å². The largest absolute Gasteiger partial charge is 0.495 e. The van der Waals surface area contributed by atoms with Crippen LogP contribution < -0.4 is 10.1 Å². The van der Waals surface area contributed by atoms with Crippen molar-refractivity contribution in [2.24, 2.45) is 0 Å². The Morgan fingerprint density at radius 1 is 1.21 bits per heavy atom. The molecule has 0 aliphatic carbocycles. The number of ether oxygens (including phenoxy) is 2. The van der Waals surface area contributed by atoms with Gasteiger partial charge in [-0.05, 0) is 31.0 Å². The molecule has 2 aliphatic rings. The van der Waals surface area contributed by atoms with Crippen LogP contribution in [0.1, 0.15) is 12.8 Å². The van der Waals surface area contributed by atoms with Crippen LogP contribution in [0.2, 0.25) is 5.02 Å². The van der Waals surface area contributed by atoms with Crippen molar-refractivity contribution >= 4 is 29.2 Å². The van der Waals surface area contributed by atoms with Gasteiger partial charge in [-0.25, -0.2) is 4.79 Å². The molecule has 2 saturated heterocycles. The second-order valence-electron chi connectivity index (χ2n) is 7.28. The Hall–Kier alpha value is -2.03. The minimum atomic E-state index is -0.160. The van der Waals surface area contributed by atoms with Crippen LogP contribution in [0.15, 0.2) is 18.2 Å². The quantitative estimate of drug-likeness (QED) is 0.757. The second kappa shape index (κ2) is 10.1. The van der Waals surface area contributed by atoms with Gasteiger partial charge in [0, 0.05) is 52.1 Å². The lowest BCUT2D eigenvalue weighted by molar-refractivity contribution is -0.132. The first-order chi connectivity index (χ1) is 14.0. The molecule has 0 saturated carbocycles. The Bertz CT molecular complexity index is 732. The fourth-order valence-electron chi connectivity index (χ4n) is 3.88. The van der Waals surface area contributed by atoms with E-state index in [9.17, 15) is 9.59 Å². The molecule has 0 spiro atoms. The number of urea groups is 1. The minimum Gasteiger partial charge on any atom is -0.495 e. The molecule has 29 heavy (non-hydrogen) atoms. The third kappa shape index (κ3) is 5.32. The smallest absolute Gasteiger partial charge is 0.321 e. The Balaban J connectivity index is 1.53. The number of benzene rings is 1. The molecule has 0 radical (unpaired) electrons. The molecule has 9 heteroatoms. The van der Waals surface area contributed by atoms with E-state index in [0.717, 1.165) is 25.9 Å². The van der Waals surface area contributed by atoms with Gasteiger partial charge in [0.1, 0.15) is 5.75 Å². The summed E-state index contributed by atoms with van der Waals surface area (Å²) in [4.78, 5) is 31.2. The summed E-state index contributed by atoms with van der Waals surface area (Å²) in [7, 11) is 3.20. The molecule has 2 aliphatic heterocycles. The third-order valence-electron chi connectivity index (χ3n) is 5.50. The highest BCUT2D eigenvalue weighted by atomic mass is 35.5. The van der Waals surface area contributed by atoms with E-state index in [1.165, 1.54) is 0 Å². The van der Waals surface area contributed by atoms with Crippen molar-refractivity contribution in [3.05, 3.63) is 23.2 Å². The fourth-order valence-corrected chi connectivity index (χ4v) is 4.14. The van der Waals surface area contributed by atoms with Crippen LogP contribution in [0.25, 0.3) is 0 Å². The summed E-state index contributed by atoms with van der Waals surface area (Å²) in [6.45, 7) is 4.70. The molecule has 2 fully saturated rings. The summed E-state index contributed by atoms with van der Waals surface area (Å²) in [6.07, 6.45) is 1.66. The average molecular weight is 425 g/mol. The number of carbonyl (C=O) groups is 2. The number of amides is 3. The lowest BCUT2D eigenvalue weighted by atomic mass is 10.2. The first-order valence-corrected chi connectivity index (χ1v) is 10.3. The van der Waals surface area contributed by atoms with Crippen molar-refractivity contribution in [3.8, 4) is 5.75 Å². The minimum absolute atomic E-state index is 0.0877. The highest BCUT2D eigenvalue weighted by Crippen LogP contribution is 2.27. The van der Waals surface area contributed by atoms with Gasteiger partial charge in [0.15, 0.2) is 0 Å². The summed E-state index contributed by atoms with van der Waals surface area (Å²) in [6, 6.07) is 4.92. The van der Waals surface area contributed by atoms with Gasteiger partial charge in [-0.15, -0.1) is 0 Å². The molecule has 0 bridgehead atoms. The molecule has 1 atom stereocenters. The van der Waals surface area contributed by atoms with Crippen LogP contribution in [0.4, 0.5) is 10.5 Å². The lowest BCUT2D eigenvalue weighted by Crippen LogP contribution is -2.44. The number of carbonyl (C=O) groups excluding carboxylic acids is 2. The summed E-state index contributed by atoms with van der Waals surface area (Å²) >= 11 is 6.13. The normalized spacial score (nSPS) is 20.7. The zero-order chi connectivity index (χ0) is 20.8.